The second-order valence-electron chi connectivity index (χ2n) is 5.99. The summed E-state index contributed by atoms with van der Waals surface area (Å²) in [7, 11) is 0. The van der Waals surface area contributed by atoms with Gasteiger partial charge in [-0.25, -0.2) is 0 Å². The third-order valence-corrected chi connectivity index (χ3v) is 3.11. The van der Waals surface area contributed by atoms with E-state index in [0.29, 0.717) is 11.3 Å². The summed E-state index contributed by atoms with van der Waals surface area (Å²) in [5.41, 5.74) is 7.18. The number of nitrogens with one attached hydrogen (secondary N) is 1. The summed E-state index contributed by atoms with van der Waals surface area (Å²) in [5, 5.41) is 11.4. The molecule has 4 N–H and O–H groups in total. The maximum Gasteiger partial charge on any atom is 0.307 e. The Morgan fingerprint density at radius 3 is 2.25 bits per heavy atom. The van der Waals surface area contributed by atoms with Crippen molar-refractivity contribution in [3.63, 3.8) is 0 Å². The minimum absolute atomic E-state index is 0.0247. The van der Waals surface area contributed by atoms with Crippen LogP contribution in [0.4, 0.5) is 5.69 Å². The lowest BCUT2D eigenvalue weighted by Crippen LogP contribution is -2.38. The van der Waals surface area contributed by atoms with Crippen LogP contribution in [0.25, 0.3) is 0 Å². The van der Waals surface area contributed by atoms with Gasteiger partial charge < -0.3 is 16.2 Å². The van der Waals surface area contributed by atoms with E-state index in [-0.39, 0.29) is 30.2 Å². The van der Waals surface area contributed by atoms with Gasteiger partial charge in [0.2, 0.25) is 5.91 Å². The molecule has 0 aliphatic rings. The number of amides is 1. The van der Waals surface area contributed by atoms with Gasteiger partial charge in [-0.1, -0.05) is 32.9 Å². The monoisotopic (exact) mass is 278 g/mol. The lowest BCUT2D eigenvalue weighted by molar-refractivity contribution is -0.136. The first-order valence-corrected chi connectivity index (χ1v) is 6.54. The highest BCUT2D eigenvalue weighted by molar-refractivity contribution is 5.91. The summed E-state index contributed by atoms with van der Waals surface area (Å²) in [6.07, 6.45) is 0.226. The first-order valence-electron chi connectivity index (χ1n) is 6.54. The second kappa shape index (κ2) is 6.52. The zero-order chi connectivity index (χ0) is 15.3. The van der Waals surface area contributed by atoms with E-state index < -0.39 is 5.97 Å². The molecule has 0 radical (unpaired) electrons. The minimum Gasteiger partial charge on any atom is -0.481 e. The van der Waals surface area contributed by atoms with Crippen molar-refractivity contribution >= 4 is 17.6 Å². The lowest BCUT2D eigenvalue weighted by atomic mass is 9.85. The third kappa shape index (κ3) is 5.40. The molecule has 1 amide bonds. The molecule has 0 aromatic heterocycles. The van der Waals surface area contributed by atoms with Gasteiger partial charge in [0.15, 0.2) is 0 Å². The number of hydrogen-bond acceptors (Lipinski definition) is 3. The van der Waals surface area contributed by atoms with Gasteiger partial charge in [-0.05, 0) is 23.1 Å². The molecular weight excluding hydrogens is 256 g/mol. The summed E-state index contributed by atoms with van der Waals surface area (Å²) in [6.45, 7) is 5.98. The van der Waals surface area contributed by atoms with Crippen molar-refractivity contribution in [2.45, 2.75) is 39.7 Å². The van der Waals surface area contributed by atoms with Crippen molar-refractivity contribution in [2.75, 3.05) is 5.32 Å². The molecule has 0 saturated heterocycles. The van der Waals surface area contributed by atoms with E-state index >= 15 is 0 Å². The number of aliphatic carboxylic acids is 1. The molecule has 20 heavy (non-hydrogen) atoms. The van der Waals surface area contributed by atoms with Crippen molar-refractivity contribution in [2.24, 2.45) is 11.1 Å². The molecule has 0 aliphatic heterocycles. The van der Waals surface area contributed by atoms with Crippen LogP contribution >= 0.6 is 0 Å². The second-order valence-corrected chi connectivity index (χ2v) is 5.99. The van der Waals surface area contributed by atoms with Gasteiger partial charge in [0.25, 0.3) is 0 Å². The van der Waals surface area contributed by atoms with Crippen LogP contribution in [0, 0.1) is 5.41 Å². The van der Waals surface area contributed by atoms with Gasteiger partial charge in [-0.3, -0.25) is 9.59 Å². The van der Waals surface area contributed by atoms with E-state index in [9.17, 15) is 9.59 Å². The molecule has 1 aromatic rings. The molecular formula is C15H22N2O3. The number of carboxylic acids is 1. The molecule has 0 saturated carbocycles. The SMILES string of the molecule is CC(C)(C)C(N)CC(=O)Nc1ccc(CC(=O)O)cc1. The summed E-state index contributed by atoms with van der Waals surface area (Å²) in [4.78, 5) is 22.4. The minimum atomic E-state index is -0.877. The Hall–Kier alpha value is -1.88. The molecule has 1 aromatic carbocycles. The molecule has 0 aliphatic carbocycles. The summed E-state index contributed by atoms with van der Waals surface area (Å²) < 4.78 is 0. The summed E-state index contributed by atoms with van der Waals surface area (Å²) >= 11 is 0. The number of hydrogen-bond donors (Lipinski definition) is 3. The van der Waals surface area contributed by atoms with E-state index in [1.54, 1.807) is 24.3 Å². The highest BCUT2D eigenvalue weighted by Crippen LogP contribution is 2.20. The molecule has 1 atom stereocenters. The molecule has 0 fully saturated rings. The van der Waals surface area contributed by atoms with Crippen LogP contribution in [0.3, 0.4) is 0 Å². The number of carbonyl (C=O) groups is 2. The zero-order valence-corrected chi connectivity index (χ0v) is 12.1. The Kier molecular flexibility index (Phi) is 5.27. The zero-order valence-electron chi connectivity index (χ0n) is 12.1. The van der Waals surface area contributed by atoms with Crippen LogP contribution < -0.4 is 11.1 Å². The van der Waals surface area contributed by atoms with Gasteiger partial charge in [-0.2, -0.15) is 0 Å². The van der Waals surface area contributed by atoms with E-state index in [0.717, 1.165) is 0 Å². The fourth-order valence-corrected chi connectivity index (χ4v) is 1.60. The first kappa shape index (κ1) is 16.2. The van der Waals surface area contributed by atoms with Gasteiger partial charge in [0.05, 0.1) is 6.42 Å². The first-order chi connectivity index (χ1) is 9.18. The molecule has 0 spiro atoms. The summed E-state index contributed by atoms with van der Waals surface area (Å²) in [5.74, 6) is -1.02. The quantitative estimate of drug-likeness (QED) is 0.768. The molecule has 0 heterocycles. The highest BCUT2D eigenvalue weighted by Gasteiger charge is 2.23. The average Bonchev–Trinajstić information content (AvgIpc) is 2.29. The predicted octanol–water partition coefficient (Wildman–Crippen LogP) is 2.02. The predicted molar refractivity (Wildman–Crippen MR) is 78.5 cm³/mol. The Balaban J connectivity index is 2.56. The van der Waals surface area contributed by atoms with Crippen LogP contribution in [-0.4, -0.2) is 23.0 Å². The van der Waals surface area contributed by atoms with Crippen LogP contribution in [0.5, 0.6) is 0 Å². The van der Waals surface area contributed by atoms with Crippen LogP contribution in [0.1, 0.15) is 32.8 Å². The molecule has 5 nitrogen and oxygen atoms in total. The third-order valence-electron chi connectivity index (χ3n) is 3.11. The van der Waals surface area contributed by atoms with E-state index in [2.05, 4.69) is 5.32 Å². The van der Waals surface area contributed by atoms with Gasteiger partial charge >= 0.3 is 5.97 Å². The molecule has 1 rings (SSSR count). The smallest absolute Gasteiger partial charge is 0.307 e. The fraction of sp³-hybridized carbons (Fsp3) is 0.467. The topological polar surface area (TPSA) is 92.4 Å². The standard InChI is InChI=1S/C15H22N2O3/c1-15(2,3)12(16)9-13(18)17-11-6-4-10(5-7-11)8-14(19)20/h4-7,12H,8-9,16H2,1-3H3,(H,17,18)(H,19,20). The largest absolute Gasteiger partial charge is 0.481 e. The highest BCUT2D eigenvalue weighted by atomic mass is 16.4. The van der Waals surface area contributed by atoms with Crippen LogP contribution in [-0.2, 0) is 16.0 Å². The number of anilines is 1. The van der Waals surface area contributed by atoms with Gasteiger partial charge in [0, 0.05) is 18.2 Å². The summed E-state index contributed by atoms with van der Waals surface area (Å²) in [6, 6.07) is 6.55. The normalized spacial score (nSPS) is 12.8. The molecule has 0 bridgehead atoms. The van der Waals surface area contributed by atoms with Crippen LogP contribution in [0.2, 0.25) is 0 Å². The van der Waals surface area contributed by atoms with Crippen molar-refractivity contribution in [3.05, 3.63) is 29.8 Å². The number of carboxylic acid groups (broad SMARTS) is 1. The van der Waals surface area contributed by atoms with E-state index in [1.807, 2.05) is 20.8 Å². The van der Waals surface area contributed by atoms with Gasteiger partial charge in [-0.15, -0.1) is 0 Å². The van der Waals surface area contributed by atoms with Gasteiger partial charge in [0.1, 0.15) is 0 Å². The average molecular weight is 278 g/mol. The Morgan fingerprint density at radius 2 is 1.80 bits per heavy atom. The maximum absolute atomic E-state index is 11.8. The number of nitrogens with two attached hydrogens (primary N) is 1. The number of benzene rings is 1. The Labute approximate surface area is 119 Å². The lowest BCUT2D eigenvalue weighted by Gasteiger charge is -2.26. The van der Waals surface area contributed by atoms with Crippen molar-refractivity contribution in [3.8, 4) is 0 Å². The van der Waals surface area contributed by atoms with E-state index in [4.69, 9.17) is 10.8 Å². The Bertz CT molecular complexity index is 475. The van der Waals surface area contributed by atoms with Crippen molar-refractivity contribution in [1.29, 1.82) is 0 Å². The number of carbonyl (C=O) groups excluding carboxylic acids is 1. The van der Waals surface area contributed by atoms with Crippen molar-refractivity contribution < 1.29 is 14.7 Å². The van der Waals surface area contributed by atoms with E-state index in [1.165, 1.54) is 0 Å². The fourth-order valence-electron chi connectivity index (χ4n) is 1.60. The maximum atomic E-state index is 11.8. The molecule has 110 valence electrons. The van der Waals surface area contributed by atoms with Crippen LogP contribution in [0.15, 0.2) is 24.3 Å². The molecule has 5 heteroatoms. The Morgan fingerprint density at radius 1 is 1.25 bits per heavy atom. The number of rotatable bonds is 5. The van der Waals surface area contributed by atoms with Crippen molar-refractivity contribution in [1.82, 2.24) is 0 Å². The molecule has 1 unspecified atom stereocenters.